The lowest BCUT2D eigenvalue weighted by Crippen LogP contribution is -2.17. The van der Waals surface area contributed by atoms with Crippen LogP contribution in [0, 0.1) is 11.3 Å². The predicted molar refractivity (Wildman–Crippen MR) is 64.5 cm³/mol. The molecule has 1 amide bonds. The van der Waals surface area contributed by atoms with Crippen LogP contribution in [-0.4, -0.2) is 24.1 Å². The molecule has 1 unspecified atom stereocenters. The Morgan fingerprint density at radius 3 is 2.78 bits per heavy atom. The number of cyclic esters (lactones) is 1. The number of ether oxygens (including phenoxy) is 1. The molecule has 0 spiro atoms. The predicted octanol–water partition coefficient (Wildman–Crippen LogP) is 2.19. The van der Waals surface area contributed by atoms with Crippen molar-refractivity contribution < 1.29 is 9.53 Å². The third kappa shape index (κ3) is 1.56. The lowest BCUT2D eigenvalue weighted by Gasteiger charge is -2.07. The average Bonchev–Trinajstić information content (AvgIpc) is 2.99. The van der Waals surface area contributed by atoms with Crippen molar-refractivity contribution in [3.8, 4) is 6.07 Å². The van der Waals surface area contributed by atoms with Crippen LogP contribution >= 0.6 is 0 Å². The zero-order valence-electron chi connectivity index (χ0n) is 9.80. The fourth-order valence-corrected chi connectivity index (χ4v) is 2.29. The minimum atomic E-state index is -0.538. The number of benzene rings is 1. The first kappa shape index (κ1) is 10.8. The van der Waals surface area contributed by atoms with Gasteiger partial charge in [-0.1, -0.05) is 30.3 Å². The Hall–Kier alpha value is -2.28. The van der Waals surface area contributed by atoms with Crippen LogP contribution in [0.3, 0.4) is 0 Å². The summed E-state index contributed by atoms with van der Waals surface area (Å²) in [4.78, 5) is 12.9. The molecule has 0 N–H and O–H groups in total. The maximum atomic E-state index is 11.3. The second-order valence-electron chi connectivity index (χ2n) is 4.52. The number of carbonyl (C=O) groups is 1. The van der Waals surface area contributed by atoms with Gasteiger partial charge < -0.3 is 4.74 Å². The monoisotopic (exact) mass is 240 g/mol. The Bertz CT molecular complexity index is 559. The minimum Gasteiger partial charge on any atom is -0.447 e. The number of nitriles is 1. The SMILES string of the molecule is N#CC1(c2ccccc2)C/C1=C\N1CCOC1=O. The van der Waals surface area contributed by atoms with Crippen molar-refractivity contribution in [2.75, 3.05) is 13.2 Å². The summed E-state index contributed by atoms with van der Waals surface area (Å²) in [5.41, 5.74) is 1.44. The van der Waals surface area contributed by atoms with Crippen molar-refractivity contribution in [1.29, 1.82) is 5.26 Å². The van der Waals surface area contributed by atoms with Gasteiger partial charge in [-0.05, 0) is 17.6 Å². The highest BCUT2D eigenvalue weighted by molar-refractivity contribution is 5.71. The van der Waals surface area contributed by atoms with Gasteiger partial charge >= 0.3 is 6.09 Å². The molecule has 0 aromatic heterocycles. The van der Waals surface area contributed by atoms with Crippen LogP contribution in [0.25, 0.3) is 0 Å². The van der Waals surface area contributed by atoms with Crippen molar-refractivity contribution in [3.05, 3.63) is 47.7 Å². The van der Waals surface area contributed by atoms with Crippen LogP contribution in [0.2, 0.25) is 0 Å². The molecule has 90 valence electrons. The third-order valence-corrected chi connectivity index (χ3v) is 3.44. The molecule has 0 radical (unpaired) electrons. The number of rotatable bonds is 2. The van der Waals surface area contributed by atoms with E-state index in [9.17, 15) is 10.1 Å². The summed E-state index contributed by atoms with van der Waals surface area (Å²) < 4.78 is 4.86. The lowest BCUT2D eigenvalue weighted by atomic mass is 9.97. The van der Waals surface area contributed by atoms with E-state index in [4.69, 9.17) is 4.74 Å². The Morgan fingerprint density at radius 1 is 1.39 bits per heavy atom. The quantitative estimate of drug-likeness (QED) is 0.796. The smallest absolute Gasteiger partial charge is 0.413 e. The minimum absolute atomic E-state index is 0.325. The Balaban J connectivity index is 1.88. The fraction of sp³-hybridized carbons (Fsp3) is 0.286. The molecule has 1 aromatic carbocycles. The van der Waals surface area contributed by atoms with Gasteiger partial charge in [0.15, 0.2) is 0 Å². The molecule has 1 heterocycles. The summed E-state index contributed by atoms with van der Waals surface area (Å²) in [6.07, 6.45) is 2.14. The highest BCUT2D eigenvalue weighted by Gasteiger charge is 2.51. The first-order valence-corrected chi connectivity index (χ1v) is 5.88. The van der Waals surface area contributed by atoms with Crippen molar-refractivity contribution >= 4 is 6.09 Å². The van der Waals surface area contributed by atoms with Crippen LogP contribution in [0.15, 0.2) is 42.1 Å². The molecule has 2 fully saturated rings. The maximum Gasteiger partial charge on any atom is 0.413 e. The van der Waals surface area contributed by atoms with Gasteiger partial charge in [0, 0.05) is 6.20 Å². The number of amides is 1. The van der Waals surface area contributed by atoms with Crippen molar-refractivity contribution in [2.24, 2.45) is 0 Å². The molecule has 0 bridgehead atoms. The largest absolute Gasteiger partial charge is 0.447 e. The van der Waals surface area contributed by atoms with E-state index in [1.165, 1.54) is 4.90 Å². The van der Waals surface area contributed by atoms with Gasteiger partial charge in [-0.3, -0.25) is 4.90 Å². The summed E-state index contributed by atoms with van der Waals surface area (Å²) >= 11 is 0. The number of hydrogen-bond acceptors (Lipinski definition) is 3. The molecular weight excluding hydrogens is 228 g/mol. The summed E-state index contributed by atoms with van der Waals surface area (Å²) in [5, 5.41) is 9.39. The van der Waals surface area contributed by atoms with Gasteiger partial charge in [0.1, 0.15) is 12.0 Å². The number of allylic oxidation sites excluding steroid dienone is 1. The lowest BCUT2D eigenvalue weighted by molar-refractivity contribution is 0.166. The number of nitrogens with zero attached hydrogens (tertiary/aromatic N) is 2. The molecule has 1 saturated heterocycles. The molecule has 3 rings (SSSR count). The molecule has 1 aliphatic heterocycles. The van der Waals surface area contributed by atoms with Gasteiger partial charge in [-0.25, -0.2) is 4.79 Å². The molecule has 1 atom stereocenters. The first-order chi connectivity index (χ1) is 8.76. The van der Waals surface area contributed by atoms with Gasteiger partial charge in [-0.2, -0.15) is 5.26 Å². The van der Waals surface area contributed by atoms with Gasteiger partial charge in [0.25, 0.3) is 0 Å². The van der Waals surface area contributed by atoms with Crippen LogP contribution in [0.1, 0.15) is 12.0 Å². The van der Waals surface area contributed by atoms with Crippen LogP contribution < -0.4 is 0 Å². The molecule has 2 aliphatic rings. The van der Waals surface area contributed by atoms with E-state index in [1.54, 1.807) is 6.20 Å². The van der Waals surface area contributed by atoms with Crippen molar-refractivity contribution in [3.63, 3.8) is 0 Å². The standard InChI is InChI=1S/C14H12N2O2/c15-10-14(11-4-2-1-3-5-11)8-12(14)9-16-6-7-18-13(16)17/h1-5,9H,6-8H2/b12-9+. The highest BCUT2D eigenvalue weighted by atomic mass is 16.6. The third-order valence-electron chi connectivity index (χ3n) is 3.44. The van der Waals surface area contributed by atoms with Crippen LogP contribution in [-0.2, 0) is 10.2 Å². The summed E-state index contributed by atoms with van der Waals surface area (Å²) in [5.74, 6) is 0. The Kier molecular flexibility index (Phi) is 2.34. The topological polar surface area (TPSA) is 53.3 Å². The van der Waals surface area contributed by atoms with E-state index in [0.29, 0.717) is 19.6 Å². The zero-order chi connectivity index (χ0) is 12.6. The van der Waals surface area contributed by atoms with E-state index < -0.39 is 5.41 Å². The number of carbonyl (C=O) groups excluding carboxylic acids is 1. The summed E-state index contributed by atoms with van der Waals surface area (Å²) in [7, 11) is 0. The molecule has 18 heavy (non-hydrogen) atoms. The van der Waals surface area contributed by atoms with Gasteiger partial charge in [0.2, 0.25) is 0 Å². The summed E-state index contributed by atoms with van der Waals surface area (Å²) in [6, 6.07) is 12.0. The van der Waals surface area contributed by atoms with E-state index in [0.717, 1.165) is 11.1 Å². The second-order valence-corrected chi connectivity index (χ2v) is 4.52. The molecular formula is C14H12N2O2. The van der Waals surface area contributed by atoms with E-state index >= 15 is 0 Å². The highest BCUT2D eigenvalue weighted by Crippen LogP contribution is 2.53. The van der Waals surface area contributed by atoms with Crippen LogP contribution in [0.5, 0.6) is 0 Å². The van der Waals surface area contributed by atoms with E-state index in [1.807, 2.05) is 30.3 Å². The molecule has 1 aromatic rings. The molecule has 1 saturated carbocycles. The second kappa shape index (κ2) is 3.88. The fourth-order valence-electron chi connectivity index (χ4n) is 2.29. The van der Waals surface area contributed by atoms with E-state index in [2.05, 4.69) is 6.07 Å². The van der Waals surface area contributed by atoms with Crippen LogP contribution in [0.4, 0.5) is 4.79 Å². The average molecular weight is 240 g/mol. The zero-order valence-corrected chi connectivity index (χ0v) is 9.80. The van der Waals surface area contributed by atoms with Crippen molar-refractivity contribution in [2.45, 2.75) is 11.8 Å². The normalized spacial score (nSPS) is 28.1. The summed E-state index contributed by atoms with van der Waals surface area (Å²) in [6.45, 7) is 0.992. The van der Waals surface area contributed by atoms with Crippen molar-refractivity contribution in [1.82, 2.24) is 4.90 Å². The first-order valence-electron chi connectivity index (χ1n) is 5.88. The molecule has 4 heteroatoms. The van der Waals surface area contributed by atoms with Gasteiger partial charge in [-0.15, -0.1) is 0 Å². The van der Waals surface area contributed by atoms with Gasteiger partial charge in [0.05, 0.1) is 12.6 Å². The maximum absolute atomic E-state index is 11.3. The Morgan fingerprint density at radius 2 is 2.17 bits per heavy atom. The molecule has 4 nitrogen and oxygen atoms in total. The van der Waals surface area contributed by atoms with E-state index in [-0.39, 0.29) is 6.09 Å². The number of hydrogen-bond donors (Lipinski definition) is 0. The Labute approximate surface area is 105 Å². The molecule has 1 aliphatic carbocycles.